The number of rotatable bonds is 5. The number of hydrogen-bond acceptors (Lipinski definition) is 5. The van der Waals surface area contributed by atoms with Crippen LogP contribution in [0.1, 0.15) is 10.4 Å². The summed E-state index contributed by atoms with van der Waals surface area (Å²) in [5.41, 5.74) is 1.33. The Morgan fingerprint density at radius 1 is 1.08 bits per heavy atom. The summed E-state index contributed by atoms with van der Waals surface area (Å²) in [6, 6.07) is 13.0. The minimum absolute atomic E-state index is 0.259. The highest BCUT2D eigenvalue weighted by Gasteiger charge is 2.09. The number of benzene rings is 2. The largest absolute Gasteiger partial charge is 0.495 e. The molecule has 0 radical (unpaired) electrons. The van der Waals surface area contributed by atoms with Gasteiger partial charge in [-0.15, -0.1) is 0 Å². The van der Waals surface area contributed by atoms with Crippen LogP contribution in [0, 0.1) is 5.82 Å². The van der Waals surface area contributed by atoms with E-state index in [1.165, 1.54) is 30.6 Å². The summed E-state index contributed by atoms with van der Waals surface area (Å²) in [7, 11) is 1.57. The molecule has 1 amide bonds. The van der Waals surface area contributed by atoms with Crippen molar-refractivity contribution in [1.82, 2.24) is 9.97 Å². The number of nitrogens with one attached hydrogen (secondary N) is 2. The first-order valence-corrected chi connectivity index (χ1v) is 7.45. The van der Waals surface area contributed by atoms with Gasteiger partial charge in [0, 0.05) is 18.1 Å². The Balaban J connectivity index is 1.70. The van der Waals surface area contributed by atoms with Gasteiger partial charge >= 0.3 is 0 Å². The molecule has 0 aliphatic carbocycles. The lowest BCUT2D eigenvalue weighted by Crippen LogP contribution is -2.13. The highest BCUT2D eigenvalue weighted by molar-refractivity contribution is 6.03. The van der Waals surface area contributed by atoms with E-state index in [0.717, 1.165) is 0 Å². The molecule has 0 aliphatic rings. The predicted molar refractivity (Wildman–Crippen MR) is 92.7 cm³/mol. The normalized spacial score (nSPS) is 10.2. The average molecular weight is 338 g/mol. The minimum atomic E-state index is -0.426. The van der Waals surface area contributed by atoms with Crippen LogP contribution in [0.2, 0.25) is 0 Å². The first kappa shape index (κ1) is 16.4. The molecule has 126 valence electrons. The summed E-state index contributed by atoms with van der Waals surface area (Å²) >= 11 is 0. The number of aromatic nitrogens is 2. The average Bonchev–Trinajstić information content (AvgIpc) is 2.63. The van der Waals surface area contributed by atoms with Gasteiger partial charge in [-0.2, -0.15) is 0 Å². The molecule has 0 fully saturated rings. The van der Waals surface area contributed by atoms with E-state index in [2.05, 4.69) is 20.6 Å². The van der Waals surface area contributed by atoms with Crippen LogP contribution in [-0.4, -0.2) is 23.0 Å². The van der Waals surface area contributed by atoms with Crippen LogP contribution in [0.25, 0.3) is 0 Å². The van der Waals surface area contributed by atoms with E-state index in [0.29, 0.717) is 23.1 Å². The highest BCUT2D eigenvalue weighted by Crippen LogP contribution is 2.25. The number of halogens is 1. The van der Waals surface area contributed by atoms with Crippen LogP contribution in [0.5, 0.6) is 5.75 Å². The van der Waals surface area contributed by atoms with Crippen molar-refractivity contribution in [2.45, 2.75) is 0 Å². The molecule has 0 atom stereocenters. The van der Waals surface area contributed by atoms with Crippen LogP contribution >= 0.6 is 0 Å². The maximum atomic E-state index is 13.1. The van der Waals surface area contributed by atoms with Crippen molar-refractivity contribution in [3.63, 3.8) is 0 Å². The second-order valence-electron chi connectivity index (χ2n) is 5.09. The van der Waals surface area contributed by atoms with Crippen LogP contribution in [0.3, 0.4) is 0 Å². The maximum absolute atomic E-state index is 13.1. The Kier molecular flexibility index (Phi) is 4.84. The summed E-state index contributed by atoms with van der Waals surface area (Å²) < 4.78 is 18.4. The fourth-order valence-corrected chi connectivity index (χ4v) is 2.15. The lowest BCUT2D eigenvalue weighted by molar-refractivity contribution is 0.102. The molecule has 6 nitrogen and oxygen atoms in total. The number of ether oxygens (including phenoxy) is 1. The molecular weight excluding hydrogens is 323 g/mol. The number of nitrogens with zero attached hydrogens (tertiary/aromatic N) is 2. The molecular formula is C18H15FN4O2. The fourth-order valence-electron chi connectivity index (χ4n) is 2.15. The number of anilines is 3. The molecule has 3 rings (SSSR count). The van der Waals surface area contributed by atoms with Crippen LogP contribution < -0.4 is 15.4 Å². The third-order valence-corrected chi connectivity index (χ3v) is 3.35. The Morgan fingerprint density at radius 2 is 1.84 bits per heavy atom. The molecule has 2 aromatic carbocycles. The van der Waals surface area contributed by atoms with Crippen molar-refractivity contribution in [2.75, 3.05) is 17.7 Å². The first-order valence-electron chi connectivity index (χ1n) is 7.45. The SMILES string of the molecule is COc1ccccc1Nc1ncc(C(=O)Nc2cccc(F)c2)cn1. The summed E-state index contributed by atoms with van der Waals surface area (Å²) in [6.45, 7) is 0. The monoisotopic (exact) mass is 338 g/mol. The van der Waals surface area contributed by atoms with Crippen molar-refractivity contribution in [3.05, 3.63) is 72.3 Å². The zero-order valence-electron chi connectivity index (χ0n) is 13.4. The van der Waals surface area contributed by atoms with E-state index >= 15 is 0 Å². The number of hydrogen-bond donors (Lipinski definition) is 2. The van der Waals surface area contributed by atoms with E-state index in [-0.39, 0.29) is 5.56 Å². The van der Waals surface area contributed by atoms with Crippen molar-refractivity contribution in [3.8, 4) is 5.75 Å². The van der Waals surface area contributed by atoms with Crippen LogP contribution in [0.15, 0.2) is 60.9 Å². The van der Waals surface area contributed by atoms with Gasteiger partial charge in [0.1, 0.15) is 11.6 Å². The smallest absolute Gasteiger partial charge is 0.258 e. The van der Waals surface area contributed by atoms with Crippen molar-refractivity contribution in [2.24, 2.45) is 0 Å². The highest BCUT2D eigenvalue weighted by atomic mass is 19.1. The van der Waals surface area contributed by atoms with Gasteiger partial charge in [0.25, 0.3) is 5.91 Å². The van der Waals surface area contributed by atoms with Gasteiger partial charge in [-0.3, -0.25) is 4.79 Å². The Hall–Kier alpha value is -3.48. The van der Waals surface area contributed by atoms with Gasteiger partial charge in [0.2, 0.25) is 5.95 Å². The van der Waals surface area contributed by atoms with Gasteiger partial charge in [0.15, 0.2) is 0 Å². The Bertz CT molecular complexity index is 884. The zero-order chi connectivity index (χ0) is 17.6. The molecule has 0 bridgehead atoms. The zero-order valence-corrected chi connectivity index (χ0v) is 13.4. The van der Waals surface area contributed by atoms with Gasteiger partial charge in [-0.1, -0.05) is 18.2 Å². The molecule has 2 N–H and O–H groups in total. The molecule has 7 heteroatoms. The quantitative estimate of drug-likeness (QED) is 0.743. The molecule has 0 saturated heterocycles. The molecule has 25 heavy (non-hydrogen) atoms. The first-order chi connectivity index (χ1) is 12.2. The summed E-state index contributed by atoms with van der Waals surface area (Å²) in [6.07, 6.45) is 2.78. The predicted octanol–water partition coefficient (Wildman–Crippen LogP) is 3.62. The van der Waals surface area contributed by atoms with Crippen molar-refractivity contribution < 1.29 is 13.9 Å². The summed E-state index contributed by atoms with van der Waals surface area (Å²) in [5, 5.41) is 5.61. The minimum Gasteiger partial charge on any atom is -0.495 e. The molecule has 0 saturated carbocycles. The van der Waals surface area contributed by atoms with E-state index < -0.39 is 11.7 Å². The molecule has 1 aromatic heterocycles. The molecule has 3 aromatic rings. The third-order valence-electron chi connectivity index (χ3n) is 3.35. The number of amides is 1. The lowest BCUT2D eigenvalue weighted by atomic mass is 10.2. The molecule has 1 heterocycles. The van der Waals surface area contributed by atoms with E-state index in [1.54, 1.807) is 13.2 Å². The Labute approximate surface area is 143 Å². The topological polar surface area (TPSA) is 76.1 Å². The maximum Gasteiger partial charge on any atom is 0.258 e. The number of methoxy groups -OCH3 is 1. The van der Waals surface area contributed by atoms with Gasteiger partial charge in [-0.05, 0) is 30.3 Å². The van der Waals surface area contributed by atoms with Gasteiger partial charge < -0.3 is 15.4 Å². The van der Waals surface area contributed by atoms with Crippen LogP contribution in [0.4, 0.5) is 21.7 Å². The van der Waals surface area contributed by atoms with E-state index in [4.69, 9.17) is 4.74 Å². The Morgan fingerprint density at radius 3 is 2.56 bits per heavy atom. The van der Waals surface area contributed by atoms with E-state index in [9.17, 15) is 9.18 Å². The lowest BCUT2D eigenvalue weighted by Gasteiger charge is -2.10. The van der Waals surface area contributed by atoms with E-state index in [1.807, 2.05) is 24.3 Å². The second-order valence-corrected chi connectivity index (χ2v) is 5.09. The number of para-hydroxylation sites is 2. The third kappa shape index (κ3) is 4.08. The molecule has 0 unspecified atom stereocenters. The second kappa shape index (κ2) is 7.39. The van der Waals surface area contributed by atoms with Crippen molar-refractivity contribution in [1.29, 1.82) is 0 Å². The van der Waals surface area contributed by atoms with Gasteiger partial charge in [-0.25, -0.2) is 14.4 Å². The fraction of sp³-hybridized carbons (Fsp3) is 0.0556. The molecule has 0 spiro atoms. The number of carbonyl (C=O) groups is 1. The van der Waals surface area contributed by atoms with Crippen LogP contribution in [-0.2, 0) is 0 Å². The van der Waals surface area contributed by atoms with Gasteiger partial charge in [0.05, 0.1) is 18.4 Å². The summed E-state index contributed by atoms with van der Waals surface area (Å²) in [5.74, 6) is 0.130. The standard InChI is InChI=1S/C18H15FN4O2/c1-25-16-8-3-2-7-15(16)23-18-20-10-12(11-21-18)17(24)22-14-6-4-5-13(19)9-14/h2-11H,1H3,(H,22,24)(H,20,21,23). The summed E-state index contributed by atoms with van der Waals surface area (Å²) in [4.78, 5) is 20.4. The molecule has 0 aliphatic heterocycles. The van der Waals surface area contributed by atoms with Crippen molar-refractivity contribution >= 4 is 23.2 Å². The number of carbonyl (C=O) groups excluding carboxylic acids is 1.